The third-order valence-corrected chi connectivity index (χ3v) is 8.21. The molecule has 1 aliphatic heterocycles. The number of amides is 1. The molecule has 1 fully saturated rings. The standard InChI is InChI=1S/C25H21BrN2O8S/c1-3-36-19-9-7-17(8-10-19)27-24(30)22(13-15-11-20(26)23(29)21(12-15)35-2)37(33,34)25(27)16-5-4-6-18(14-16)28(31)32/h4-14,25,29H,3H2,1-2H3. The number of anilines is 1. The van der Waals surface area contributed by atoms with Crippen molar-refractivity contribution in [3.05, 3.63) is 91.3 Å². The molecule has 0 aromatic heterocycles. The molecule has 1 unspecified atom stereocenters. The molecule has 192 valence electrons. The van der Waals surface area contributed by atoms with Gasteiger partial charge >= 0.3 is 0 Å². The number of aromatic hydroxyl groups is 1. The van der Waals surface area contributed by atoms with Gasteiger partial charge in [0.2, 0.25) is 9.84 Å². The van der Waals surface area contributed by atoms with E-state index in [0.717, 1.165) is 11.0 Å². The van der Waals surface area contributed by atoms with Crippen LogP contribution in [0.25, 0.3) is 6.08 Å². The number of phenols is 1. The van der Waals surface area contributed by atoms with Crippen LogP contribution in [-0.4, -0.2) is 38.1 Å². The number of benzene rings is 3. The summed E-state index contributed by atoms with van der Waals surface area (Å²) in [5.41, 5.74) is 0.293. The van der Waals surface area contributed by atoms with Crippen molar-refractivity contribution in [2.45, 2.75) is 12.3 Å². The number of nitrogens with zero attached hydrogens (tertiary/aromatic N) is 2. The third-order valence-electron chi connectivity index (χ3n) is 5.63. The number of halogens is 1. The van der Waals surface area contributed by atoms with Crippen LogP contribution < -0.4 is 14.4 Å². The van der Waals surface area contributed by atoms with Crippen LogP contribution in [0.1, 0.15) is 23.4 Å². The predicted molar refractivity (Wildman–Crippen MR) is 140 cm³/mol. The van der Waals surface area contributed by atoms with Crippen molar-refractivity contribution in [3.8, 4) is 17.2 Å². The van der Waals surface area contributed by atoms with E-state index < -0.39 is 30.9 Å². The topological polar surface area (TPSA) is 136 Å². The fraction of sp³-hybridized carbons (Fsp3) is 0.160. The molecule has 0 aliphatic carbocycles. The Labute approximate surface area is 220 Å². The molecule has 0 spiro atoms. The number of hydrogen-bond acceptors (Lipinski definition) is 8. The van der Waals surface area contributed by atoms with E-state index in [1.165, 1.54) is 43.5 Å². The number of hydrogen-bond donors (Lipinski definition) is 1. The van der Waals surface area contributed by atoms with Crippen molar-refractivity contribution in [1.82, 2.24) is 0 Å². The van der Waals surface area contributed by atoms with E-state index in [9.17, 15) is 28.4 Å². The van der Waals surface area contributed by atoms with Gasteiger partial charge in [-0.1, -0.05) is 12.1 Å². The molecule has 1 N–H and O–H groups in total. The first-order valence-electron chi connectivity index (χ1n) is 10.9. The van der Waals surface area contributed by atoms with E-state index in [1.54, 1.807) is 24.3 Å². The molecule has 37 heavy (non-hydrogen) atoms. The highest BCUT2D eigenvalue weighted by Gasteiger charge is 2.50. The van der Waals surface area contributed by atoms with Crippen LogP contribution >= 0.6 is 15.9 Å². The SMILES string of the molecule is CCOc1ccc(N2C(=O)C(=Cc3cc(Br)c(O)c(OC)c3)S(=O)(=O)C2c2cccc([N+](=O)[O-])c2)cc1. The second kappa shape index (κ2) is 10.2. The van der Waals surface area contributed by atoms with Gasteiger partial charge in [0.15, 0.2) is 16.9 Å². The molecule has 4 rings (SSSR count). The minimum absolute atomic E-state index is 0.0595. The summed E-state index contributed by atoms with van der Waals surface area (Å²) in [6, 6.07) is 14.3. The molecule has 1 amide bonds. The highest BCUT2D eigenvalue weighted by Crippen LogP contribution is 2.45. The first-order chi connectivity index (χ1) is 17.6. The van der Waals surface area contributed by atoms with E-state index in [1.807, 2.05) is 6.92 Å². The maximum absolute atomic E-state index is 13.8. The van der Waals surface area contributed by atoms with Crippen molar-refractivity contribution in [2.75, 3.05) is 18.6 Å². The predicted octanol–water partition coefficient (Wildman–Crippen LogP) is 4.97. The van der Waals surface area contributed by atoms with Crippen molar-refractivity contribution >= 4 is 49.1 Å². The number of rotatable bonds is 7. The summed E-state index contributed by atoms with van der Waals surface area (Å²) in [5, 5.41) is 19.9. The number of ether oxygens (including phenoxy) is 2. The number of phenolic OH excluding ortho intramolecular Hbond substituents is 1. The average molecular weight is 589 g/mol. The minimum atomic E-state index is -4.37. The maximum atomic E-state index is 13.8. The second-order valence-corrected chi connectivity index (χ2v) is 10.7. The summed E-state index contributed by atoms with van der Waals surface area (Å²) in [5.74, 6) is -0.397. The van der Waals surface area contributed by atoms with Gasteiger partial charge in [0.05, 0.1) is 23.1 Å². The molecular weight excluding hydrogens is 568 g/mol. The Balaban J connectivity index is 1.91. The van der Waals surface area contributed by atoms with Crippen molar-refractivity contribution in [2.24, 2.45) is 0 Å². The Morgan fingerprint density at radius 2 is 1.86 bits per heavy atom. The van der Waals surface area contributed by atoms with Crippen LogP contribution in [0.3, 0.4) is 0 Å². The fourth-order valence-corrected chi connectivity index (χ4v) is 6.32. The van der Waals surface area contributed by atoms with Gasteiger partial charge in [-0.15, -0.1) is 0 Å². The number of carbonyl (C=O) groups is 1. The molecule has 0 saturated carbocycles. The zero-order chi connectivity index (χ0) is 26.9. The van der Waals surface area contributed by atoms with Crippen molar-refractivity contribution < 1.29 is 32.7 Å². The van der Waals surface area contributed by atoms with Gasteiger partial charge < -0.3 is 14.6 Å². The molecule has 1 atom stereocenters. The van der Waals surface area contributed by atoms with Crippen molar-refractivity contribution in [1.29, 1.82) is 0 Å². The summed E-state index contributed by atoms with van der Waals surface area (Å²) in [6.45, 7) is 2.24. The van der Waals surface area contributed by atoms with Crippen LogP contribution in [-0.2, 0) is 14.6 Å². The molecule has 1 heterocycles. The van der Waals surface area contributed by atoms with E-state index in [0.29, 0.717) is 12.4 Å². The molecule has 10 nitrogen and oxygen atoms in total. The van der Waals surface area contributed by atoms with Crippen LogP contribution in [0.2, 0.25) is 0 Å². The molecule has 1 aliphatic rings. The average Bonchev–Trinajstić information content (AvgIpc) is 3.07. The van der Waals surface area contributed by atoms with Crippen LogP contribution in [0.4, 0.5) is 11.4 Å². The van der Waals surface area contributed by atoms with E-state index >= 15 is 0 Å². The fourth-order valence-electron chi connectivity index (χ4n) is 3.98. The number of nitro benzene ring substituents is 1. The van der Waals surface area contributed by atoms with Gasteiger partial charge in [-0.25, -0.2) is 8.42 Å². The van der Waals surface area contributed by atoms with Gasteiger partial charge in [-0.05, 0) is 76.5 Å². The van der Waals surface area contributed by atoms with Gasteiger partial charge in [0, 0.05) is 17.8 Å². The lowest BCUT2D eigenvalue weighted by Crippen LogP contribution is -2.29. The molecule has 0 radical (unpaired) electrons. The van der Waals surface area contributed by atoms with E-state index in [4.69, 9.17) is 9.47 Å². The Morgan fingerprint density at radius 3 is 2.49 bits per heavy atom. The summed E-state index contributed by atoms with van der Waals surface area (Å²) >= 11 is 3.19. The third kappa shape index (κ3) is 4.89. The Bertz CT molecular complexity index is 1520. The number of carbonyl (C=O) groups excluding carboxylic acids is 1. The zero-order valence-corrected chi connectivity index (χ0v) is 22.0. The number of nitro groups is 1. The lowest BCUT2D eigenvalue weighted by atomic mass is 10.1. The van der Waals surface area contributed by atoms with Crippen LogP contribution in [0.5, 0.6) is 17.2 Å². The monoisotopic (exact) mass is 588 g/mol. The largest absolute Gasteiger partial charge is 0.503 e. The smallest absolute Gasteiger partial charge is 0.271 e. The number of methoxy groups -OCH3 is 1. The molecule has 3 aromatic carbocycles. The van der Waals surface area contributed by atoms with Crippen LogP contribution in [0.15, 0.2) is 70.0 Å². The normalized spacial score (nSPS) is 17.7. The Kier molecular flexibility index (Phi) is 7.23. The van der Waals surface area contributed by atoms with Gasteiger partial charge in [-0.2, -0.15) is 0 Å². The summed E-state index contributed by atoms with van der Waals surface area (Å²) < 4.78 is 38.5. The number of non-ortho nitro benzene ring substituents is 1. The summed E-state index contributed by atoms with van der Waals surface area (Å²) in [4.78, 5) is 25.0. The highest BCUT2D eigenvalue weighted by atomic mass is 79.9. The molecule has 12 heteroatoms. The van der Waals surface area contributed by atoms with Crippen LogP contribution in [0, 0.1) is 10.1 Å². The lowest BCUT2D eigenvalue weighted by molar-refractivity contribution is -0.384. The van der Waals surface area contributed by atoms with Gasteiger partial charge in [0.25, 0.3) is 11.6 Å². The molecule has 3 aromatic rings. The Hall–Kier alpha value is -3.90. The molecular formula is C25H21BrN2O8S. The molecule has 0 bridgehead atoms. The van der Waals surface area contributed by atoms with Crippen molar-refractivity contribution in [3.63, 3.8) is 0 Å². The maximum Gasteiger partial charge on any atom is 0.271 e. The van der Waals surface area contributed by atoms with Gasteiger partial charge in [-0.3, -0.25) is 19.8 Å². The highest BCUT2D eigenvalue weighted by molar-refractivity contribution is 9.10. The first-order valence-corrected chi connectivity index (χ1v) is 13.2. The lowest BCUT2D eigenvalue weighted by Gasteiger charge is -2.23. The second-order valence-electron chi connectivity index (χ2n) is 7.91. The first kappa shape index (κ1) is 26.2. The summed E-state index contributed by atoms with van der Waals surface area (Å²) in [6.07, 6.45) is 1.18. The quantitative estimate of drug-likeness (QED) is 0.232. The zero-order valence-electron chi connectivity index (χ0n) is 19.6. The minimum Gasteiger partial charge on any atom is -0.503 e. The Morgan fingerprint density at radius 1 is 1.16 bits per heavy atom. The van der Waals surface area contributed by atoms with Gasteiger partial charge in [0.1, 0.15) is 10.7 Å². The van der Waals surface area contributed by atoms with E-state index in [2.05, 4.69) is 15.9 Å². The number of sulfone groups is 1. The molecule has 1 saturated heterocycles. The van der Waals surface area contributed by atoms with E-state index in [-0.39, 0.29) is 38.5 Å². The summed E-state index contributed by atoms with van der Waals surface area (Å²) in [7, 11) is -3.03.